The first-order valence-electron chi connectivity index (χ1n) is 28.7. The Bertz CT molecular complexity index is 1390. The van der Waals surface area contributed by atoms with Gasteiger partial charge in [0.25, 0.3) is 0 Å². The Morgan fingerprint density at radius 1 is 0.253 bits per heavy atom. The standard InChI is InChI=1S/C54H103NO28/c1-59-6-7-61-10-11-63-14-15-65-18-19-67-22-23-69-26-27-71-30-31-73-34-35-75-38-39-77-42-43-79-46-47-81-50-51-82-49-48-80-45-44-78-41-40-76-37-36-74-33-32-72-29-28-70-25-24-68-21-20-66-17-16-64-13-12-62-9-8-60-5-4-54(58)83-55-52(56)2-3-53(55)57/h2-3,56-57H,4-51H2,1H3. The van der Waals surface area contributed by atoms with Gasteiger partial charge in [0, 0.05) is 19.2 Å². The highest BCUT2D eigenvalue weighted by atomic mass is 16.7. The fourth-order valence-electron chi connectivity index (χ4n) is 5.88. The molecule has 0 aliphatic rings. The number of nitrogens with zero attached hydrogens (tertiary/aromatic N) is 1. The fraction of sp³-hybridized carbons (Fsp3) is 0.907. The lowest BCUT2D eigenvalue weighted by molar-refractivity contribution is -0.146. The van der Waals surface area contributed by atoms with Crippen LogP contribution in [0, 0.1) is 0 Å². The molecular weight excluding hydrogens is 1110 g/mol. The smallest absolute Gasteiger partial charge is 0.335 e. The average Bonchev–Trinajstić information content (AvgIpc) is 3.96. The molecule has 0 fully saturated rings. The largest absolute Gasteiger partial charge is 0.492 e. The molecule has 492 valence electrons. The van der Waals surface area contributed by atoms with E-state index in [-0.39, 0.29) is 31.4 Å². The number of carbonyl (C=O) groups is 1. The summed E-state index contributed by atoms with van der Waals surface area (Å²) in [5, 5.41) is 18.9. The van der Waals surface area contributed by atoms with E-state index in [1.807, 2.05) is 0 Å². The first-order valence-corrected chi connectivity index (χ1v) is 28.7. The van der Waals surface area contributed by atoms with Crippen LogP contribution in [0.1, 0.15) is 6.42 Å². The van der Waals surface area contributed by atoms with Gasteiger partial charge in [-0.05, 0) is 0 Å². The van der Waals surface area contributed by atoms with Crippen molar-refractivity contribution in [3.05, 3.63) is 12.1 Å². The summed E-state index contributed by atoms with van der Waals surface area (Å²) in [5.74, 6) is -1.43. The van der Waals surface area contributed by atoms with E-state index in [1.165, 1.54) is 12.1 Å². The van der Waals surface area contributed by atoms with E-state index >= 15 is 0 Å². The molecule has 29 heteroatoms. The van der Waals surface area contributed by atoms with Crippen molar-refractivity contribution in [3.63, 3.8) is 0 Å². The second-order valence-electron chi connectivity index (χ2n) is 16.6. The normalized spacial score (nSPS) is 11.7. The molecule has 0 bridgehead atoms. The molecule has 0 amide bonds. The molecule has 1 rings (SSSR count). The second-order valence-corrected chi connectivity index (χ2v) is 16.6. The van der Waals surface area contributed by atoms with E-state index < -0.39 is 5.97 Å². The lowest BCUT2D eigenvalue weighted by Crippen LogP contribution is -2.20. The first-order chi connectivity index (χ1) is 41.1. The molecule has 0 saturated carbocycles. The predicted molar refractivity (Wildman–Crippen MR) is 295 cm³/mol. The fourth-order valence-corrected chi connectivity index (χ4v) is 5.88. The van der Waals surface area contributed by atoms with Gasteiger partial charge in [0.05, 0.1) is 317 Å². The van der Waals surface area contributed by atoms with Gasteiger partial charge in [-0.2, -0.15) is 0 Å². The summed E-state index contributed by atoms with van der Waals surface area (Å²) in [5.41, 5.74) is 0. The van der Waals surface area contributed by atoms with E-state index in [4.69, 9.17) is 119 Å². The number of hydrogen-bond donors (Lipinski definition) is 2. The maximum atomic E-state index is 11.7. The molecule has 1 heterocycles. The predicted octanol–water partition coefficient (Wildman–Crippen LogP) is 0.273. The molecule has 0 aliphatic carbocycles. The van der Waals surface area contributed by atoms with E-state index in [2.05, 4.69) is 0 Å². The minimum absolute atomic E-state index is 0.0539. The van der Waals surface area contributed by atoms with Gasteiger partial charge in [0.2, 0.25) is 11.8 Å². The monoisotopic (exact) mass is 1210 g/mol. The number of carbonyl (C=O) groups excluding carboxylic acids is 1. The van der Waals surface area contributed by atoms with Gasteiger partial charge in [0.15, 0.2) is 0 Å². The summed E-state index contributed by atoms with van der Waals surface area (Å²) < 4.78 is 132. The number of methoxy groups -OCH3 is 1. The SMILES string of the molecule is COCCOCCOCCOCCOCCOCCOCCOCCOCCOCCOCCOCCOCCOCCOCCOCCOCCOCCOCCOCCOCCOCCOCCOCCC(=O)On1c(O)ccc1O. The van der Waals surface area contributed by atoms with E-state index in [0.29, 0.717) is 302 Å². The lowest BCUT2D eigenvalue weighted by atomic mass is 10.5. The van der Waals surface area contributed by atoms with Crippen LogP contribution in [0.4, 0.5) is 0 Å². The summed E-state index contributed by atoms with van der Waals surface area (Å²) in [6, 6.07) is 2.40. The van der Waals surface area contributed by atoms with Crippen molar-refractivity contribution < 1.29 is 134 Å². The summed E-state index contributed by atoms with van der Waals surface area (Å²) in [4.78, 5) is 16.5. The van der Waals surface area contributed by atoms with Crippen LogP contribution in [0.2, 0.25) is 0 Å². The molecule has 0 unspecified atom stereocenters. The van der Waals surface area contributed by atoms with Gasteiger partial charge in [0.1, 0.15) is 0 Å². The summed E-state index contributed by atoms with van der Waals surface area (Å²) in [6.07, 6.45) is -0.0539. The van der Waals surface area contributed by atoms with Crippen LogP contribution in [0.5, 0.6) is 11.8 Å². The highest BCUT2D eigenvalue weighted by Crippen LogP contribution is 2.18. The van der Waals surface area contributed by atoms with Crippen LogP contribution < -0.4 is 4.84 Å². The molecule has 1 aromatic heterocycles. The minimum atomic E-state index is -0.665. The van der Waals surface area contributed by atoms with Crippen molar-refractivity contribution in [3.8, 4) is 11.8 Å². The average molecular weight is 1210 g/mol. The van der Waals surface area contributed by atoms with E-state index in [1.54, 1.807) is 7.11 Å². The van der Waals surface area contributed by atoms with Crippen LogP contribution in [0.15, 0.2) is 12.1 Å². The highest BCUT2D eigenvalue weighted by Gasteiger charge is 2.12. The maximum absolute atomic E-state index is 11.7. The number of hydrogen-bond acceptors (Lipinski definition) is 28. The number of rotatable bonds is 73. The number of ether oxygens (including phenoxy) is 24. The van der Waals surface area contributed by atoms with Crippen LogP contribution in [-0.4, -0.2) is 339 Å². The minimum Gasteiger partial charge on any atom is -0.492 e. The van der Waals surface area contributed by atoms with Crippen molar-refractivity contribution in [2.24, 2.45) is 0 Å². The van der Waals surface area contributed by atoms with E-state index in [9.17, 15) is 15.0 Å². The third-order valence-electron chi connectivity index (χ3n) is 10.1. The Labute approximate surface area is 491 Å². The summed E-state index contributed by atoms with van der Waals surface area (Å²) in [6.45, 7) is 22.0. The van der Waals surface area contributed by atoms with Crippen LogP contribution >= 0.6 is 0 Å². The van der Waals surface area contributed by atoms with Gasteiger partial charge in [-0.15, -0.1) is 4.73 Å². The quantitative estimate of drug-likeness (QED) is 0.0828. The van der Waals surface area contributed by atoms with E-state index in [0.717, 1.165) is 0 Å². The molecule has 0 spiro atoms. The molecule has 2 N–H and O–H groups in total. The second kappa shape index (κ2) is 68.5. The number of aromatic hydroxyl groups is 2. The zero-order valence-corrected chi connectivity index (χ0v) is 49.6. The summed E-state index contributed by atoms with van der Waals surface area (Å²) >= 11 is 0. The Morgan fingerprint density at radius 3 is 0.530 bits per heavy atom. The van der Waals surface area contributed by atoms with Gasteiger partial charge < -0.3 is 129 Å². The van der Waals surface area contributed by atoms with Crippen LogP contribution in [0.3, 0.4) is 0 Å². The molecule has 0 aliphatic heterocycles. The van der Waals surface area contributed by atoms with Crippen molar-refractivity contribution in [1.29, 1.82) is 0 Å². The van der Waals surface area contributed by atoms with Crippen molar-refractivity contribution in [1.82, 2.24) is 4.73 Å². The third kappa shape index (κ3) is 62.3. The Kier molecular flexibility index (Phi) is 64.7. The molecular formula is C54H103NO28. The van der Waals surface area contributed by atoms with Gasteiger partial charge in [-0.25, -0.2) is 4.79 Å². The molecule has 29 nitrogen and oxygen atoms in total. The molecule has 0 saturated heterocycles. The van der Waals surface area contributed by atoms with Gasteiger partial charge in [-0.1, -0.05) is 0 Å². The molecule has 0 radical (unpaired) electrons. The zero-order valence-electron chi connectivity index (χ0n) is 49.6. The summed E-state index contributed by atoms with van der Waals surface area (Å²) in [7, 11) is 1.64. The third-order valence-corrected chi connectivity index (χ3v) is 10.1. The Hall–Kier alpha value is -2.61. The highest BCUT2D eigenvalue weighted by molar-refractivity contribution is 5.70. The van der Waals surface area contributed by atoms with Crippen molar-refractivity contribution in [2.45, 2.75) is 6.42 Å². The molecule has 0 aromatic carbocycles. The first kappa shape index (κ1) is 78.4. The Balaban J connectivity index is 1.60. The van der Waals surface area contributed by atoms with Crippen molar-refractivity contribution in [2.75, 3.05) is 318 Å². The van der Waals surface area contributed by atoms with Gasteiger partial charge >= 0.3 is 5.97 Å². The number of aromatic nitrogens is 1. The lowest BCUT2D eigenvalue weighted by Gasteiger charge is -2.09. The molecule has 0 atom stereocenters. The topological polar surface area (TPSA) is 293 Å². The van der Waals surface area contributed by atoms with Crippen LogP contribution in [0.25, 0.3) is 0 Å². The van der Waals surface area contributed by atoms with Gasteiger partial charge in [-0.3, -0.25) is 0 Å². The zero-order chi connectivity index (χ0) is 59.3. The maximum Gasteiger partial charge on any atom is 0.335 e. The van der Waals surface area contributed by atoms with Crippen LogP contribution in [-0.2, 0) is 118 Å². The molecule has 83 heavy (non-hydrogen) atoms. The van der Waals surface area contributed by atoms with Crippen molar-refractivity contribution >= 4 is 5.97 Å². The molecule has 1 aromatic rings. The Morgan fingerprint density at radius 2 is 0.386 bits per heavy atom.